The normalized spacial score (nSPS) is 36.5. The van der Waals surface area contributed by atoms with Crippen LogP contribution in [0.3, 0.4) is 0 Å². The number of hydrogen-bond acceptors (Lipinski definition) is 3. The second-order valence-electron chi connectivity index (χ2n) is 11.2. The number of unbranched alkanes of at least 4 members (excludes halogenated alkanes) is 2. The molecule has 0 aromatic carbocycles. The average molecular weight is 430 g/mol. The van der Waals surface area contributed by atoms with Gasteiger partial charge >= 0.3 is 5.97 Å². The highest BCUT2D eigenvalue weighted by Gasteiger charge is 2.38. The predicted octanol–water partition coefficient (Wildman–Crippen LogP) is 7.98. The quantitative estimate of drug-likeness (QED) is 0.276. The Bertz CT molecular complexity index is 570. The standard InChI is InChI=1S/C28H47NO2/c1-3-5-6-7-22-8-10-23(11-9-22)24-12-14-25(15-13-24)27(30)31-26-16-19-28(21-29,18-4-2)20-17-26/h22-26H,3-20H2,1-2H3. The molecule has 0 unspecified atom stereocenters. The fourth-order valence-electron chi connectivity index (χ4n) is 6.88. The van der Waals surface area contributed by atoms with E-state index in [0.29, 0.717) is 0 Å². The van der Waals surface area contributed by atoms with E-state index < -0.39 is 0 Å². The average Bonchev–Trinajstić information content (AvgIpc) is 2.81. The fourth-order valence-corrected chi connectivity index (χ4v) is 6.88. The Hall–Kier alpha value is -1.04. The van der Waals surface area contributed by atoms with Crippen LogP contribution in [0.5, 0.6) is 0 Å². The Morgan fingerprint density at radius 3 is 2.03 bits per heavy atom. The molecule has 0 spiro atoms. The number of nitriles is 1. The molecule has 0 heterocycles. The molecule has 0 aliphatic heterocycles. The third-order valence-corrected chi connectivity index (χ3v) is 9.02. The zero-order chi connectivity index (χ0) is 22.1. The van der Waals surface area contributed by atoms with Gasteiger partial charge < -0.3 is 4.74 Å². The first-order valence-corrected chi connectivity index (χ1v) is 13.7. The van der Waals surface area contributed by atoms with Gasteiger partial charge in [-0.2, -0.15) is 5.26 Å². The van der Waals surface area contributed by atoms with Gasteiger partial charge in [-0.3, -0.25) is 4.79 Å². The van der Waals surface area contributed by atoms with Crippen LogP contribution in [-0.4, -0.2) is 12.1 Å². The number of carbonyl (C=O) groups excluding carboxylic acids is 1. The molecule has 0 N–H and O–H groups in total. The van der Waals surface area contributed by atoms with Crippen molar-refractivity contribution < 1.29 is 9.53 Å². The van der Waals surface area contributed by atoms with Gasteiger partial charge in [-0.15, -0.1) is 0 Å². The van der Waals surface area contributed by atoms with Crippen LogP contribution in [0.25, 0.3) is 0 Å². The number of hydrogen-bond donors (Lipinski definition) is 0. The van der Waals surface area contributed by atoms with Crippen LogP contribution in [0, 0.1) is 40.4 Å². The van der Waals surface area contributed by atoms with E-state index in [1.807, 2.05) is 0 Å². The SMILES string of the molecule is CCCCCC1CCC(C2CCC(C(=O)OC3CCC(C#N)(CCC)CC3)CC2)CC1. The van der Waals surface area contributed by atoms with E-state index >= 15 is 0 Å². The Balaban J connectivity index is 1.34. The van der Waals surface area contributed by atoms with Crippen molar-refractivity contribution in [1.82, 2.24) is 0 Å². The summed E-state index contributed by atoms with van der Waals surface area (Å²) in [5.41, 5.74) is -0.162. The molecule has 3 heteroatoms. The monoisotopic (exact) mass is 429 g/mol. The van der Waals surface area contributed by atoms with Gasteiger partial charge in [0.05, 0.1) is 17.4 Å². The molecule has 0 aromatic rings. The van der Waals surface area contributed by atoms with Crippen molar-refractivity contribution in [1.29, 1.82) is 5.26 Å². The molecule has 0 atom stereocenters. The highest BCUT2D eigenvalue weighted by Crippen LogP contribution is 2.44. The lowest BCUT2D eigenvalue weighted by Crippen LogP contribution is -2.34. The van der Waals surface area contributed by atoms with Crippen LogP contribution in [0.2, 0.25) is 0 Å². The molecule has 3 nitrogen and oxygen atoms in total. The zero-order valence-corrected chi connectivity index (χ0v) is 20.4. The summed E-state index contributed by atoms with van der Waals surface area (Å²) in [6, 6.07) is 2.57. The molecule has 3 rings (SSSR count). The number of carbonyl (C=O) groups is 1. The largest absolute Gasteiger partial charge is 0.462 e. The van der Waals surface area contributed by atoms with E-state index in [1.165, 1.54) is 64.2 Å². The Labute approximate surface area is 191 Å². The van der Waals surface area contributed by atoms with Gasteiger partial charge in [0.25, 0.3) is 0 Å². The molecule has 31 heavy (non-hydrogen) atoms. The molecule has 0 bridgehead atoms. The lowest BCUT2D eigenvalue weighted by Gasteiger charge is -2.38. The maximum atomic E-state index is 12.8. The molecule has 0 radical (unpaired) electrons. The minimum absolute atomic E-state index is 0.0477. The number of rotatable bonds is 9. The zero-order valence-electron chi connectivity index (χ0n) is 20.4. The predicted molar refractivity (Wildman–Crippen MR) is 126 cm³/mol. The topological polar surface area (TPSA) is 50.1 Å². The van der Waals surface area contributed by atoms with Crippen molar-refractivity contribution in [3.05, 3.63) is 0 Å². The van der Waals surface area contributed by atoms with Gasteiger partial charge in [-0.25, -0.2) is 0 Å². The van der Waals surface area contributed by atoms with Crippen LogP contribution >= 0.6 is 0 Å². The van der Waals surface area contributed by atoms with E-state index in [1.54, 1.807) is 0 Å². The number of ether oxygens (including phenoxy) is 1. The van der Waals surface area contributed by atoms with E-state index in [4.69, 9.17) is 4.74 Å². The van der Waals surface area contributed by atoms with Crippen LogP contribution in [0.15, 0.2) is 0 Å². The highest BCUT2D eigenvalue weighted by molar-refractivity contribution is 5.72. The first-order chi connectivity index (χ1) is 15.1. The summed E-state index contributed by atoms with van der Waals surface area (Å²) in [4.78, 5) is 12.8. The molecule has 3 aliphatic carbocycles. The fraction of sp³-hybridized carbons (Fsp3) is 0.929. The van der Waals surface area contributed by atoms with Gasteiger partial charge in [-0.1, -0.05) is 58.8 Å². The van der Waals surface area contributed by atoms with Crippen LogP contribution in [0.4, 0.5) is 0 Å². The van der Waals surface area contributed by atoms with E-state index in [0.717, 1.165) is 69.1 Å². The smallest absolute Gasteiger partial charge is 0.309 e. The Morgan fingerprint density at radius 1 is 0.871 bits per heavy atom. The summed E-state index contributed by atoms with van der Waals surface area (Å²) < 4.78 is 5.94. The first-order valence-electron chi connectivity index (χ1n) is 13.7. The van der Waals surface area contributed by atoms with Crippen molar-refractivity contribution in [3.63, 3.8) is 0 Å². The summed E-state index contributed by atoms with van der Waals surface area (Å²) in [6.45, 7) is 4.45. The summed E-state index contributed by atoms with van der Waals surface area (Å²) in [5, 5.41) is 9.58. The minimum Gasteiger partial charge on any atom is -0.462 e. The van der Waals surface area contributed by atoms with E-state index in [2.05, 4.69) is 19.9 Å². The lowest BCUT2D eigenvalue weighted by atomic mass is 9.68. The summed E-state index contributed by atoms with van der Waals surface area (Å²) >= 11 is 0. The molecule has 0 saturated heterocycles. The van der Waals surface area contributed by atoms with Crippen molar-refractivity contribution in [2.24, 2.45) is 29.1 Å². The molecular weight excluding hydrogens is 382 g/mol. The van der Waals surface area contributed by atoms with Crippen molar-refractivity contribution >= 4 is 5.97 Å². The molecule has 176 valence electrons. The summed E-state index contributed by atoms with van der Waals surface area (Å²) in [5.74, 6) is 2.93. The van der Waals surface area contributed by atoms with Gasteiger partial charge in [0.2, 0.25) is 0 Å². The van der Waals surface area contributed by atoms with Gasteiger partial charge in [-0.05, 0) is 88.4 Å². The van der Waals surface area contributed by atoms with Crippen molar-refractivity contribution in [2.45, 2.75) is 136 Å². The van der Waals surface area contributed by atoms with Crippen molar-refractivity contribution in [3.8, 4) is 6.07 Å². The van der Waals surface area contributed by atoms with Crippen LogP contribution in [0.1, 0.15) is 129 Å². The summed E-state index contributed by atoms with van der Waals surface area (Å²) in [6.07, 6.45) is 21.5. The highest BCUT2D eigenvalue weighted by atomic mass is 16.5. The number of esters is 1. The molecule has 0 aromatic heterocycles. The molecule has 3 saturated carbocycles. The third-order valence-electron chi connectivity index (χ3n) is 9.02. The molecule has 3 aliphatic rings. The summed E-state index contributed by atoms with van der Waals surface area (Å²) in [7, 11) is 0. The number of nitrogens with zero attached hydrogens (tertiary/aromatic N) is 1. The third kappa shape index (κ3) is 6.97. The van der Waals surface area contributed by atoms with Crippen LogP contribution in [-0.2, 0) is 9.53 Å². The van der Waals surface area contributed by atoms with E-state index in [9.17, 15) is 10.1 Å². The molecule has 3 fully saturated rings. The first kappa shape index (κ1) is 24.6. The molecule has 0 amide bonds. The minimum atomic E-state index is -0.162. The Kier molecular flexibility index (Phi) is 9.73. The van der Waals surface area contributed by atoms with E-state index in [-0.39, 0.29) is 23.4 Å². The van der Waals surface area contributed by atoms with Gasteiger partial charge in [0.1, 0.15) is 6.10 Å². The lowest BCUT2D eigenvalue weighted by molar-refractivity contribution is -0.158. The second kappa shape index (κ2) is 12.3. The maximum absolute atomic E-state index is 12.8. The van der Waals surface area contributed by atoms with Gasteiger partial charge in [0, 0.05) is 0 Å². The van der Waals surface area contributed by atoms with Gasteiger partial charge in [0.15, 0.2) is 0 Å². The molecular formula is C28H47NO2. The second-order valence-corrected chi connectivity index (χ2v) is 11.2. The van der Waals surface area contributed by atoms with Crippen LogP contribution < -0.4 is 0 Å². The Morgan fingerprint density at radius 2 is 1.48 bits per heavy atom. The maximum Gasteiger partial charge on any atom is 0.309 e. The van der Waals surface area contributed by atoms with Crippen molar-refractivity contribution in [2.75, 3.05) is 0 Å².